The molecule has 0 aliphatic carbocycles. The molecule has 0 aliphatic heterocycles. The van der Waals surface area contributed by atoms with Gasteiger partial charge in [0, 0.05) is 22.0 Å². The van der Waals surface area contributed by atoms with E-state index in [1.54, 1.807) is 0 Å². The van der Waals surface area contributed by atoms with Crippen molar-refractivity contribution in [3.8, 4) is 50.5 Å². The van der Waals surface area contributed by atoms with Crippen molar-refractivity contribution < 1.29 is 4.42 Å². The van der Waals surface area contributed by atoms with Gasteiger partial charge < -0.3 is 4.42 Å². The highest BCUT2D eigenvalue weighted by molar-refractivity contribution is 6.26. The first-order valence-corrected chi connectivity index (χ1v) is 18.4. The second kappa shape index (κ2) is 12.2. The minimum atomic E-state index is 0.895. The van der Waals surface area contributed by atoms with Gasteiger partial charge in [-0.1, -0.05) is 152 Å². The molecule has 0 unspecified atom stereocenters. The third-order valence-electron chi connectivity index (χ3n) is 10.8. The summed E-state index contributed by atoms with van der Waals surface area (Å²) in [7, 11) is 0. The van der Waals surface area contributed by atoms with Gasteiger partial charge in [-0.3, -0.25) is 4.57 Å². The van der Waals surface area contributed by atoms with Crippen molar-refractivity contribution in [2.24, 2.45) is 0 Å². The smallest absolute Gasteiger partial charge is 0.145 e. The van der Waals surface area contributed by atoms with Crippen LogP contribution in [0.15, 0.2) is 199 Å². The number of hydrogen-bond acceptors (Lipinski definition) is 2. The molecule has 2 heterocycles. The Morgan fingerprint density at radius 3 is 1.80 bits per heavy atom. The van der Waals surface area contributed by atoms with Crippen LogP contribution < -0.4 is 0 Å². The van der Waals surface area contributed by atoms with E-state index in [2.05, 4.69) is 187 Å². The molecule has 3 nitrogen and oxygen atoms in total. The van der Waals surface area contributed by atoms with Gasteiger partial charge in [0.2, 0.25) is 0 Å². The Bertz CT molecular complexity index is 3190. The van der Waals surface area contributed by atoms with Crippen LogP contribution in [0.3, 0.4) is 0 Å². The van der Waals surface area contributed by atoms with E-state index in [1.165, 1.54) is 49.4 Å². The van der Waals surface area contributed by atoms with Gasteiger partial charge in [0.25, 0.3) is 0 Å². The molecule has 0 saturated heterocycles. The van der Waals surface area contributed by atoms with Crippen molar-refractivity contribution in [2.75, 3.05) is 0 Å². The van der Waals surface area contributed by atoms with Gasteiger partial charge in [0.1, 0.15) is 17.0 Å². The summed E-state index contributed by atoms with van der Waals surface area (Å²) in [5, 5.41) is 7.10. The van der Waals surface area contributed by atoms with Crippen LogP contribution in [-0.4, -0.2) is 9.55 Å². The number of furan rings is 1. The van der Waals surface area contributed by atoms with Crippen molar-refractivity contribution >= 4 is 54.5 Å². The second-order valence-electron chi connectivity index (χ2n) is 13.9. The lowest BCUT2D eigenvalue weighted by Crippen LogP contribution is -1.98. The van der Waals surface area contributed by atoms with E-state index in [-0.39, 0.29) is 0 Å². The van der Waals surface area contributed by atoms with Gasteiger partial charge in [0.05, 0.1) is 11.0 Å². The topological polar surface area (TPSA) is 31.0 Å². The summed E-state index contributed by atoms with van der Waals surface area (Å²) in [6.45, 7) is 0. The summed E-state index contributed by atoms with van der Waals surface area (Å²) in [6, 6.07) is 69.2. The van der Waals surface area contributed by atoms with E-state index in [9.17, 15) is 0 Å². The fourth-order valence-electron chi connectivity index (χ4n) is 8.42. The van der Waals surface area contributed by atoms with Gasteiger partial charge in [-0.2, -0.15) is 0 Å². The lowest BCUT2D eigenvalue weighted by Gasteiger charge is -2.19. The summed E-state index contributed by atoms with van der Waals surface area (Å²) >= 11 is 0. The summed E-state index contributed by atoms with van der Waals surface area (Å²) in [6.07, 6.45) is 0. The largest absolute Gasteiger partial charge is 0.456 e. The summed E-state index contributed by atoms with van der Waals surface area (Å²) < 4.78 is 8.70. The zero-order valence-corrected chi connectivity index (χ0v) is 29.3. The Balaban J connectivity index is 1.18. The molecule has 11 rings (SSSR count). The monoisotopic (exact) mass is 688 g/mol. The van der Waals surface area contributed by atoms with Crippen molar-refractivity contribution in [3.63, 3.8) is 0 Å². The fourth-order valence-corrected chi connectivity index (χ4v) is 8.42. The first kappa shape index (κ1) is 30.4. The predicted molar refractivity (Wildman–Crippen MR) is 225 cm³/mol. The maximum absolute atomic E-state index is 6.42. The van der Waals surface area contributed by atoms with Gasteiger partial charge >= 0.3 is 0 Å². The van der Waals surface area contributed by atoms with Crippen molar-refractivity contribution in [1.82, 2.24) is 9.55 Å². The summed E-state index contributed by atoms with van der Waals surface area (Å²) in [5.41, 5.74) is 13.2. The van der Waals surface area contributed by atoms with E-state index >= 15 is 0 Å². The Labute approximate surface area is 312 Å². The SMILES string of the molecule is c1ccc(-c2ccc3c(-c4ccc(-n5c(-c6ccccc6)nc6ccccc65)cc4)c4ccccc4c(-c4cccc5oc6ccccc6c45)c3c2)cc1. The molecule has 0 bridgehead atoms. The quantitative estimate of drug-likeness (QED) is 0.169. The van der Waals surface area contributed by atoms with E-state index in [0.717, 1.165) is 55.6 Å². The Morgan fingerprint density at radius 1 is 0.389 bits per heavy atom. The molecule has 252 valence electrons. The van der Waals surface area contributed by atoms with Crippen LogP contribution in [0, 0.1) is 0 Å². The van der Waals surface area contributed by atoms with Crippen LogP contribution in [0.5, 0.6) is 0 Å². The molecule has 0 radical (unpaired) electrons. The number of rotatable bonds is 5. The standard InChI is InChI=1S/C51H32N2O/c1-3-14-33(15-4-1)36-28-31-40-43(32-36)49(42-21-13-25-47-50(42)41-20-9-12-24-46(41)54-47)39-19-8-7-18-38(39)48(40)34-26-29-37(30-27-34)53-45-23-11-10-22-44(45)52-51(53)35-16-5-2-6-17-35/h1-32H. The molecule has 0 N–H and O–H groups in total. The first-order chi connectivity index (χ1) is 26.8. The van der Waals surface area contributed by atoms with E-state index < -0.39 is 0 Å². The molecular weight excluding hydrogens is 657 g/mol. The fraction of sp³-hybridized carbons (Fsp3) is 0. The molecule has 54 heavy (non-hydrogen) atoms. The van der Waals surface area contributed by atoms with Crippen LogP contribution in [0.4, 0.5) is 0 Å². The summed E-state index contributed by atoms with van der Waals surface area (Å²) in [5.74, 6) is 0.930. The number of para-hydroxylation sites is 3. The average molecular weight is 689 g/mol. The predicted octanol–water partition coefficient (Wildman–Crippen LogP) is 13.9. The molecule has 0 saturated carbocycles. The lowest BCUT2D eigenvalue weighted by molar-refractivity contribution is 0.669. The third-order valence-corrected chi connectivity index (χ3v) is 10.8. The Kier molecular flexibility index (Phi) is 6.86. The molecule has 0 aliphatic rings. The number of aromatic nitrogens is 2. The van der Waals surface area contributed by atoms with Gasteiger partial charge in [-0.15, -0.1) is 0 Å². The first-order valence-electron chi connectivity index (χ1n) is 18.4. The van der Waals surface area contributed by atoms with Crippen LogP contribution >= 0.6 is 0 Å². The highest BCUT2D eigenvalue weighted by Crippen LogP contribution is 2.48. The van der Waals surface area contributed by atoms with E-state index in [4.69, 9.17) is 9.40 Å². The number of benzene rings is 9. The molecule has 11 aromatic rings. The molecule has 0 spiro atoms. The number of fused-ring (bicyclic) bond motifs is 6. The average Bonchev–Trinajstić information content (AvgIpc) is 3.83. The van der Waals surface area contributed by atoms with Crippen molar-refractivity contribution in [1.29, 1.82) is 0 Å². The number of nitrogens with zero attached hydrogens (tertiary/aromatic N) is 2. The van der Waals surface area contributed by atoms with Gasteiger partial charge in [0.15, 0.2) is 0 Å². The second-order valence-corrected chi connectivity index (χ2v) is 13.9. The molecule has 0 atom stereocenters. The maximum Gasteiger partial charge on any atom is 0.145 e. The molecule has 9 aromatic carbocycles. The van der Waals surface area contributed by atoms with Crippen LogP contribution in [0.25, 0.3) is 105 Å². The minimum absolute atomic E-state index is 0.895. The van der Waals surface area contributed by atoms with Crippen LogP contribution in [-0.2, 0) is 0 Å². The zero-order chi connectivity index (χ0) is 35.6. The summed E-state index contributed by atoms with van der Waals surface area (Å²) in [4.78, 5) is 5.09. The number of hydrogen-bond donors (Lipinski definition) is 0. The highest BCUT2D eigenvalue weighted by Gasteiger charge is 2.21. The Hall–Kier alpha value is -7.23. The maximum atomic E-state index is 6.42. The molecule has 3 heteroatoms. The van der Waals surface area contributed by atoms with E-state index in [0.29, 0.717) is 0 Å². The molecule has 0 amide bonds. The normalized spacial score (nSPS) is 11.7. The zero-order valence-electron chi connectivity index (χ0n) is 29.3. The molecule has 0 fully saturated rings. The highest BCUT2D eigenvalue weighted by atomic mass is 16.3. The minimum Gasteiger partial charge on any atom is -0.456 e. The van der Waals surface area contributed by atoms with Crippen molar-refractivity contribution in [3.05, 3.63) is 194 Å². The van der Waals surface area contributed by atoms with Crippen LogP contribution in [0.2, 0.25) is 0 Å². The van der Waals surface area contributed by atoms with Crippen LogP contribution in [0.1, 0.15) is 0 Å². The Morgan fingerprint density at radius 2 is 1.00 bits per heavy atom. The lowest BCUT2D eigenvalue weighted by atomic mass is 9.84. The van der Waals surface area contributed by atoms with E-state index in [1.807, 2.05) is 12.1 Å². The van der Waals surface area contributed by atoms with Gasteiger partial charge in [-0.25, -0.2) is 4.98 Å². The van der Waals surface area contributed by atoms with Crippen molar-refractivity contribution in [2.45, 2.75) is 0 Å². The molecule has 2 aromatic heterocycles. The molecular formula is C51H32N2O. The third kappa shape index (κ3) is 4.72. The van der Waals surface area contributed by atoms with Gasteiger partial charge in [-0.05, 0) is 97.4 Å². The number of imidazole rings is 1.